The molecule has 0 atom stereocenters. The molecule has 0 bridgehead atoms. The Morgan fingerprint density at radius 3 is 2.74 bits per heavy atom. The van der Waals surface area contributed by atoms with Gasteiger partial charge in [-0.3, -0.25) is 9.08 Å². The minimum Gasteiger partial charge on any atom is -0.497 e. The minimum absolute atomic E-state index is 0.183. The van der Waals surface area contributed by atoms with Crippen LogP contribution in [0.4, 0.5) is 0 Å². The summed E-state index contributed by atoms with van der Waals surface area (Å²) in [4.78, 5) is 17.5. The van der Waals surface area contributed by atoms with E-state index in [0.29, 0.717) is 36.7 Å². The molecule has 0 aliphatic heterocycles. The summed E-state index contributed by atoms with van der Waals surface area (Å²) in [7, 11) is 1.64. The Bertz CT molecular complexity index is 1120. The summed E-state index contributed by atoms with van der Waals surface area (Å²) in [5.41, 5.74) is 7.90. The molecule has 2 N–H and O–H groups in total. The van der Waals surface area contributed by atoms with Gasteiger partial charge >= 0.3 is 5.69 Å². The molecule has 0 radical (unpaired) electrons. The second kappa shape index (κ2) is 7.08. The van der Waals surface area contributed by atoms with Gasteiger partial charge in [0.2, 0.25) is 0 Å². The first kappa shape index (κ1) is 17.0. The molecular weight excluding hydrogens is 344 g/mol. The van der Waals surface area contributed by atoms with Gasteiger partial charge in [-0.1, -0.05) is 12.1 Å². The topological polar surface area (TPSA) is 92.4 Å². The number of fused-ring (bicyclic) bond motifs is 1. The van der Waals surface area contributed by atoms with Crippen molar-refractivity contribution < 1.29 is 4.74 Å². The van der Waals surface area contributed by atoms with E-state index in [1.165, 1.54) is 4.40 Å². The van der Waals surface area contributed by atoms with Crippen LogP contribution in [-0.4, -0.2) is 37.4 Å². The van der Waals surface area contributed by atoms with Crippen LogP contribution in [0.15, 0.2) is 59.8 Å². The van der Waals surface area contributed by atoms with Crippen LogP contribution in [-0.2, 0) is 13.0 Å². The van der Waals surface area contributed by atoms with Gasteiger partial charge in [0.1, 0.15) is 17.2 Å². The van der Waals surface area contributed by atoms with Crippen LogP contribution in [0.5, 0.6) is 5.75 Å². The Morgan fingerprint density at radius 1 is 1.19 bits per heavy atom. The molecule has 3 heterocycles. The van der Waals surface area contributed by atoms with E-state index >= 15 is 0 Å². The van der Waals surface area contributed by atoms with E-state index in [2.05, 4.69) is 10.1 Å². The van der Waals surface area contributed by atoms with Crippen molar-refractivity contribution in [2.45, 2.75) is 13.0 Å². The van der Waals surface area contributed by atoms with E-state index in [0.717, 1.165) is 11.3 Å². The number of nitrogens with zero attached hydrogens (tertiary/aromatic N) is 5. The van der Waals surface area contributed by atoms with Crippen molar-refractivity contribution in [3.63, 3.8) is 0 Å². The maximum atomic E-state index is 12.9. The molecule has 0 saturated carbocycles. The average molecular weight is 364 g/mol. The SMILES string of the molecule is COc1ccc(Cn2cc(-n3c(CCN)nc4cccn4c3=O)cn2)cc1. The lowest BCUT2D eigenvalue weighted by Crippen LogP contribution is -2.29. The maximum Gasteiger partial charge on any atom is 0.339 e. The summed E-state index contributed by atoms with van der Waals surface area (Å²) in [5.74, 6) is 1.43. The largest absolute Gasteiger partial charge is 0.497 e. The van der Waals surface area contributed by atoms with Gasteiger partial charge in [0, 0.05) is 18.8 Å². The van der Waals surface area contributed by atoms with Gasteiger partial charge in [-0.25, -0.2) is 14.3 Å². The van der Waals surface area contributed by atoms with E-state index in [4.69, 9.17) is 10.5 Å². The number of aromatic nitrogens is 5. The first-order valence-corrected chi connectivity index (χ1v) is 8.64. The summed E-state index contributed by atoms with van der Waals surface area (Å²) in [6, 6.07) is 11.4. The molecule has 3 aromatic heterocycles. The molecule has 27 heavy (non-hydrogen) atoms. The van der Waals surface area contributed by atoms with Crippen molar-refractivity contribution in [3.05, 3.63) is 76.9 Å². The number of methoxy groups -OCH3 is 1. The quantitative estimate of drug-likeness (QED) is 0.556. The summed E-state index contributed by atoms with van der Waals surface area (Å²) in [6.07, 6.45) is 5.71. The smallest absolute Gasteiger partial charge is 0.339 e. The third kappa shape index (κ3) is 3.22. The molecule has 4 aromatic rings. The van der Waals surface area contributed by atoms with Crippen molar-refractivity contribution in [3.8, 4) is 11.4 Å². The van der Waals surface area contributed by atoms with Crippen molar-refractivity contribution >= 4 is 5.65 Å². The Kier molecular flexibility index (Phi) is 4.47. The predicted octanol–water partition coefficient (Wildman–Crippen LogP) is 1.24. The van der Waals surface area contributed by atoms with Gasteiger partial charge < -0.3 is 10.5 Å². The summed E-state index contributed by atoms with van der Waals surface area (Å²) in [5, 5.41) is 4.40. The third-order valence-electron chi connectivity index (χ3n) is 4.38. The normalized spacial score (nSPS) is 11.2. The second-order valence-corrected chi connectivity index (χ2v) is 6.17. The van der Waals surface area contributed by atoms with Crippen LogP contribution in [0.1, 0.15) is 11.4 Å². The standard InChI is InChI=1S/C19H20N6O2/c1-27-16-6-4-14(5-7-16)12-23-13-15(11-21-23)25-18(8-9-20)22-17-3-2-10-24(17)19(25)26/h2-7,10-11,13H,8-9,12,20H2,1H3. The van der Waals surface area contributed by atoms with Crippen LogP contribution in [0, 0.1) is 0 Å². The molecule has 0 spiro atoms. The number of rotatable bonds is 6. The van der Waals surface area contributed by atoms with E-state index in [9.17, 15) is 4.79 Å². The van der Waals surface area contributed by atoms with Gasteiger partial charge in [-0.05, 0) is 36.4 Å². The van der Waals surface area contributed by atoms with E-state index in [1.54, 1.807) is 40.9 Å². The van der Waals surface area contributed by atoms with Gasteiger partial charge in [-0.2, -0.15) is 5.10 Å². The average Bonchev–Trinajstić information content (AvgIpc) is 3.32. The number of ether oxygens (including phenoxy) is 1. The molecule has 4 rings (SSSR count). The van der Waals surface area contributed by atoms with Gasteiger partial charge in [0.05, 0.1) is 25.5 Å². The fraction of sp³-hybridized carbons (Fsp3) is 0.211. The molecule has 1 aromatic carbocycles. The number of hydrogen-bond donors (Lipinski definition) is 1. The Hall–Kier alpha value is -3.39. The van der Waals surface area contributed by atoms with E-state index < -0.39 is 0 Å². The highest BCUT2D eigenvalue weighted by atomic mass is 16.5. The highest BCUT2D eigenvalue weighted by molar-refractivity contribution is 5.40. The maximum absolute atomic E-state index is 12.9. The van der Waals surface area contributed by atoms with E-state index in [-0.39, 0.29) is 5.69 Å². The molecule has 0 aliphatic carbocycles. The number of hydrogen-bond acceptors (Lipinski definition) is 5. The molecule has 0 saturated heterocycles. The minimum atomic E-state index is -0.183. The number of nitrogens with two attached hydrogens (primary N) is 1. The molecule has 0 fully saturated rings. The van der Waals surface area contributed by atoms with Gasteiger partial charge in [0.15, 0.2) is 0 Å². The molecule has 0 unspecified atom stereocenters. The molecule has 8 nitrogen and oxygen atoms in total. The lowest BCUT2D eigenvalue weighted by atomic mass is 10.2. The van der Waals surface area contributed by atoms with Crippen LogP contribution in [0.3, 0.4) is 0 Å². The molecule has 8 heteroatoms. The van der Waals surface area contributed by atoms with Crippen LogP contribution < -0.4 is 16.2 Å². The summed E-state index contributed by atoms with van der Waals surface area (Å²) in [6.45, 7) is 0.994. The first-order chi connectivity index (χ1) is 13.2. The Balaban J connectivity index is 1.70. The van der Waals surface area contributed by atoms with Crippen LogP contribution in [0.25, 0.3) is 11.3 Å². The lowest BCUT2D eigenvalue weighted by Gasteiger charge is -2.10. The summed E-state index contributed by atoms with van der Waals surface area (Å²) >= 11 is 0. The zero-order valence-corrected chi connectivity index (χ0v) is 14.9. The van der Waals surface area contributed by atoms with Crippen molar-refractivity contribution in [1.82, 2.24) is 23.7 Å². The first-order valence-electron chi connectivity index (χ1n) is 8.64. The molecule has 0 aliphatic rings. The second-order valence-electron chi connectivity index (χ2n) is 6.17. The zero-order chi connectivity index (χ0) is 18.8. The predicted molar refractivity (Wildman–Crippen MR) is 101 cm³/mol. The van der Waals surface area contributed by atoms with Gasteiger partial charge in [0.25, 0.3) is 0 Å². The molecular formula is C19H20N6O2. The van der Waals surface area contributed by atoms with Crippen molar-refractivity contribution in [2.24, 2.45) is 5.73 Å². The highest BCUT2D eigenvalue weighted by Gasteiger charge is 2.13. The zero-order valence-electron chi connectivity index (χ0n) is 14.9. The highest BCUT2D eigenvalue weighted by Crippen LogP contribution is 2.14. The fourth-order valence-corrected chi connectivity index (χ4v) is 3.05. The van der Waals surface area contributed by atoms with Crippen molar-refractivity contribution in [2.75, 3.05) is 13.7 Å². The van der Waals surface area contributed by atoms with Gasteiger partial charge in [-0.15, -0.1) is 0 Å². The molecule has 0 amide bonds. The van der Waals surface area contributed by atoms with Crippen LogP contribution >= 0.6 is 0 Å². The van der Waals surface area contributed by atoms with Crippen molar-refractivity contribution in [1.29, 1.82) is 0 Å². The Labute approximate surface area is 155 Å². The third-order valence-corrected chi connectivity index (χ3v) is 4.38. The molecule has 138 valence electrons. The number of benzene rings is 1. The fourth-order valence-electron chi connectivity index (χ4n) is 3.05. The Morgan fingerprint density at radius 2 is 2.00 bits per heavy atom. The monoisotopic (exact) mass is 364 g/mol. The summed E-state index contributed by atoms with van der Waals surface area (Å²) < 4.78 is 10.0. The van der Waals surface area contributed by atoms with Crippen LogP contribution in [0.2, 0.25) is 0 Å². The lowest BCUT2D eigenvalue weighted by molar-refractivity contribution is 0.414. The van der Waals surface area contributed by atoms with E-state index in [1.807, 2.05) is 30.5 Å².